The van der Waals surface area contributed by atoms with E-state index in [0.717, 1.165) is 5.69 Å². The van der Waals surface area contributed by atoms with Gasteiger partial charge in [0.2, 0.25) is 5.78 Å². The number of hydrogen-bond acceptors (Lipinski definition) is 3. The van der Waals surface area contributed by atoms with Crippen LogP contribution in [0.15, 0.2) is 28.9 Å². The lowest BCUT2D eigenvalue weighted by Gasteiger charge is -2.01. The number of hydrogen-bond donors (Lipinski definition) is 1. The van der Waals surface area contributed by atoms with Crippen molar-refractivity contribution in [3.8, 4) is 11.4 Å². The van der Waals surface area contributed by atoms with Gasteiger partial charge in [0.1, 0.15) is 10.4 Å². The van der Waals surface area contributed by atoms with E-state index in [0.29, 0.717) is 28.3 Å². The van der Waals surface area contributed by atoms with Gasteiger partial charge in [-0.2, -0.15) is 4.52 Å². The van der Waals surface area contributed by atoms with E-state index >= 15 is 0 Å². The monoisotopic (exact) mass is 323 g/mol. The quantitative estimate of drug-likeness (QED) is 0.785. The molecule has 0 radical (unpaired) electrons. The van der Waals surface area contributed by atoms with Crippen molar-refractivity contribution in [1.82, 2.24) is 19.2 Å². The van der Waals surface area contributed by atoms with Gasteiger partial charge in [-0.25, -0.2) is 9.37 Å². The van der Waals surface area contributed by atoms with E-state index in [1.54, 1.807) is 34.3 Å². The van der Waals surface area contributed by atoms with Crippen molar-refractivity contribution >= 4 is 21.7 Å². The zero-order chi connectivity index (χ0) is 13.6. The topological polar surface area (TPSA) is 61.1 Å². The first-order chi connectivity index (χ1) is 9.13. The third-order valence-electron chi connectivity index (χ3n) is 2.97. The summed E-state index contributed by atoms with van der Waals surface area (Å²) in [5.74, 6) is 0.824. The van der Waals surface area contributed by atoms with E-state index in [2.05, 4.69) is 26.0 Å². The van der Waals surface area contributed by atoms with E-state index in [9.17, 15) is 4.39 Å². The molecule has 0 saturated heterocycles. The molecular weight excluding hydrogens is 313 g/mol. The number of imidazole rings is 1. The Labute approximate surface area is 117 Å². The van der Waals surface area contributed by atoms with Gasteiger partial charge in [-0.05, 0) is 28.1 Å². The van der Waals surface area contributed by atoms with E-state index in [1.165, 1.54) is 6.07 Å². The van der Waals surface area contributed by atoms with Crippen LogP contribution in [0.5, 0.6) is 0 Å². The maximum absolute atomic E-state index is 13.8. The molecule has 0 atom stereocenters. The minimum absolute atomic E-state index is 0.311. The van der Waals surface area contributed by atoms with Crippen molar-refractivity contribution in [3.63, 3.8) is 0 Å². The van der Waals surface area contributed by atoms with Gasteiger partial charge in [0.15, 0.2) is 5.82 Å². The summed E-state index contributed by atoms with van der Waals surface area (Å²) in [6.07, 6.45) is 0. The fraction of sp³-hybridized carbons (Fsp3) is 0.167. The van der Waals surface area contributed by atoms with E-state index in [4.69, 9.17) is 5.73 Å². The summed E-state index contributed by atoms with van der Waals surface area (Å²) < 4.78 is 17.9. The molecule has 2 heterocycles. The first-order valence-corrected chi connectivity index (χ1v) is 6.47. The van der Waals surface area contributed by atoms with Gasteiger partial charge < -0.3 is 5.73 Å². The van der Waals surface area contributed by atoms with Crippen LogP contribution < -0.4 is 5.73 Å². The summed E-state index contributed by atoms with van der Waals surface area (Å²) >= 11 is 3.40. The molecule has 3 rings (SSSR count). The first kappa shape index (κ1) is 12.3. The molecule has 1 aromatic carbocycles. The summed E-state index contributed by atoms with van der Waals surface area (Å²) in [6, 6.07) is 6.52. The van der Waals surface area contributed by atoms with Crippen LogP contribution in [0, 0.1) is 5.82 Å². The summed E-state index contributed by atoms with van der Waals surface area (Å²) in [7, 11) is 1.80. The van der Waals surface area contributed by atoms with Crippen LogP contribution in [0.4, 0.5) is 4.39 Å². The summed E-state index contributed by atoms with van der Waals surface area (Å²) in [4.78, 5) is 4.38. The Morgan fingerprint density at radius 3 is 2.74 bits per heavy atom. The minimum atomic E-state index is -0.311. The number of nitrogens with zero attached hydrogens (tertiary/aromatic N) is 4. The molecule has 2 aromatic heterocycles. The SMILES string of the molecule is Cn1c(-c2ccccc2F)nn2c(Br)c(CN)nc12. The van der Waals surface area contributed by atoms with Crippen molar-refractivity contribution in [2.45, 2.75) is 6.54 Å². The van der Waals surface area contributed by atoms with Gasteiger partial charge >= 0.3 is 0 Å². The van der Waals surface area contributed by atoms with Crippen molar-refractivity contribution in [3.05, 3.63) is 40.4 Å². The van der Waals surface area contributed by atoms with E-state index < -0.39 is 0 Å². The fourth-order valence-electron chi connectivity index (χ4n) is 1.99. The van der Waals surface area contributed by atoms with Crippen LogP contribution in [-0.4, -0.2) is 19.2 Å². The average Bonchev–Trinajstić information content (AvgIpc) is 2.89. The van der Waals surface area contributed by atoms with Gasteiger partial charge in [-0.3, -0.25) is 4.57 Å². The highest BCUT2D eigenvalue weighted by molar-refractivity contribution is 9.10. The number of aryl methyl sites for hydroxylation is 1. The Morgan fingerprint density at radius 1 is 1.37 bits per heavy atom. The Balaban J connectivity index is 2.27. The number of nitrogens with two attached hydrogens (primary N) is 1. The second-order valence-corrected chi connectivity index (χ2v) is 4.88. The lowest BCUT2D eigenvalue weighted by molar-refractivity contribution is 0.628. The molecule has 2 N–H and O–H groups in total. The van der Waals surface area contributed by atoms with Crippen molar-refractivity contribution < 1.29 is 4.39 Å². The highest BCUT2D eigenvalue weighted by Gasteiger charge is 2.18. The molecule has 0 amide bonds. The largest absolute Gasteiger partial charge is 0.325 e. The molecule has 0 aliphatic carbocycles. The minimum Gasteiger partial charge on any atom is -0.325 e. The molecule has 98 valence electrons. The van der Waals surface area contributed by atoms with Crippen LogP contribution >= 0.6 is 15.9 Å². The normalized spacial score (nSPS) is 11.4. The van der Waals surface area contributed by atoms with E-state index in [-0.39, 0.29) is 5.82 Å². The van der Waals surface area contributed by atoms with Gasteiger partial charge in [-0.15, -0.1) is 5.10 Å². The zero-order valence-corrected chi connectivity index (χ0v) is 11.7. The van der Waals surface area contributed by atoms with Crippen LogP contribution in [0.3, 0.4) is 0 Å². The maximum Gasteiger partial charge on any atom is 0.233 e. The van der Waals surface area contributed by atoms with Gasteiger partial charge in [0.25, 0.3) is 0 Å². The van der Waals surface area contributed by atoms with Crippen LogP contribution in [0.2, 0.25) is 0 Å². The Hall–Kier alpha value is -1.73. The lowest BCUT2D eigenvalue weighted by Crippen LogP contribution is -2.00. The smallest absolute Gasteiger partial charge is 0.233 e. The number of benzene rings is 1. The molecule has 0 spiro atoms. The molecule has 0 unspecified atom stereocenters. The average molecular weight is 324 g/mol. The van der Waals surface area contributed by atoms with Crippen molar-refractivity contribution in [2.24, 2.45) is 12.8 Å². The maximum atomic E-state index is 13.8. The molecule has 19 heavy (non-hydrogen) atoms. The van der Waals surface area contributed by atoms with Crippen LogP contribution in [-0.2, 0) is 13.6 Å². The summed E-state index contributed by atoms with van der Waals surface area (Å²) in [5.41, 5.74) is 6.76. The Kier molecular flexibility index (Phi) is 2.87. The molecule has 0 bridgehead atoms. The second kappa shape index (κ2) is 4.43. The molecule has 5 nitrogen and oxygen atoms in total. The standard InChI is InChI=1S/C12H11BrFN5/c1-18-11(7-4-2-3-5-8(7)14)17-19-10(13)9(6-15)16-12(18)19/h2-5H,6,15H2,1H3. The predicted octanol–water partition coefficient (Wildman–Crippen LogP) is 2.10. The van der Waals surface area contributed by atoms with E-state index in [1.807, 2.05) is 0 Å². The highest BCUT2D eigenvalue weighted by Crippen LogP contribution is 2.25. The molecule has 0 saturated carbocycles. The number of aromatic nitrogens is 4. The molecule has 0 aliphatic rings. The zero-order valence-electron chi connectivity index (χ0n) is 10.1. The summed E-state index contributed by atoms with van der Waals surface area (Å²) in [6.45, 7) is 0.318. The lowest BCUT2D eigenvalue weighted by atomic mass is 10.2. The first-order valence-electron chi connectivity index (χ1n) is 5.68. The molecule has 0 fully saturated rings. The van der Waals surface area contributed by atoms with Crippen molar-refractivity contribution in [2.75, 3.05) is 0 Å². The second-order valence-electron chi connectivity index (χ2n) is 4.13. The van der Waals surface area contributed by atoms with Crippen LogP contribution in [0.1, 0.15) is 5.69 Å². The predicted molar refractivity (Wildman–Crippen MR) is 72.9 cm³/mol. The third kappa shape index (κ3) is 1.77. The van der Waals surface area contributed by atoms with Gasteiger partial charge in [0.05, 0.1) is 11.3 Å². The fourth-order valence-corrected chi connectivity index (χ4v) is 2.48. The van der Waals surface area contributed by atoms with Gasteiger partial charge in [-0.1, -0.05) is 12.1 Å². The number of rotatable bonds is 2. The van der Waals surface area contributed by atoms with Crippen LogP contribution in [0.25, 0.3) is 17.2 Å². The third-order valence-corrected chi connectivity index (χ3v) is 3.76. The Bertz CT molecular complexity index is 761. The summed E-state index contributed by atoms with van der Waals surface area (Å²) in [5, 5.41) is 4.39. The van der Waals surface area contributed by atoms with Gasteiger partial charge in [0, 0.05) is 13.6 Å². The molecule has 7 heteroatoms. The number of fused-ring (bicyclic) bond motifs is 1. The Morgan fingerprint density at radius 2 is 2.11 bits per heavy atom. The molecular formula is C12H11BrFN5. The molecule has 0 aliphatic heterocycles. The number of halogens is 2. The van der Waals surface area contributed by atoms with Crippen molar-refractivity contribution in [1.29, 1.82) is 0 Å². The molecule has 3 aromatic rings. The highest BCUT2D eigenvalue weighted by atomic mass is 79.9.